The van der Waals surface area contributed by atoms with Crippen LogP contribution in [0.15, 0.2) is 6.20 Å². The Morgan fingerprint density at radius 2 is 2.36 bits per heavy atom. The molecule has 0 radical (unpaired) electrons. The fourth-order valence-electron chi connectivity index (χ4n) is 1.07. The maximum atomic E-state index is 10.9. The highest BCUT2D eigenvalue weighted by Crippen LogP contribution is 2.12. The van der Waals surface area contributed by atoms with E-state index < -0.39 is 0 Å². The van der Waals surface area contributed by atoms with Crippen LogP contribution in [0.2, 0.25) is 0 Å². The van der Waals surface area contributed by atoms with E-state index in [9.17, 15) is 4.79 Å². The molecule has 0 aliphatic heterocycles. The fourth-order valence-corrected chi connectivity index (χ4v) is 1.07. The Morgan fingerprint density at radius 3 is 2.73 bits per heavy atom. The molecule has 0 saturated heterocycles. The van der Waals surface area contributed by atoms with E-state index in [4.69, 9.17) is 5.26 Å². The van der Waals surface area contributed by atoms with Crippen molar-refractivity contribution in [2.24, 2.45) is 0 Å². The molecule has 0 amide bonds. The minimum Gasteiger partial charge on any atom is -0.363 e. The Labute approximate surface area is 64.7 Å². The second-order valence-electron chi connectivity index (χ2n) is 2.37. The number of carbonyl (C=O) groups excluding carboxylic acids is 1. The summed E-state index contributed by atoms with van der Waals surface area (Å²) in [6.45, 7) is 3.23. The number of rotatable bonds is 1. The zero-order valence-electron chi connectivity index (χ0n) is 6.43. The number of H-pyrrole nitrogens is 1. The molecule has 1 aromatic rings. The molecule has 0 saturated carbocycles. The van der Waals surface area contributed by atoms with Crippen LogP contribution in [0, 0.1) is 18.3 Å². The van der Waals surface area contributed by atoms with Crippen molar-refractivity contribution in [1.82, 2.24) is 4.98 Å². The van der Waals surface area contributed by atoms with Crippen LogP contribution < -0.4 is 0 Å². The van der Waals surface area contributed by atoms with E-state index in [-0.39, 0.29) is 5.78 Å². The van der Waals surface area contributed by atoms with Gasteiger partial charge >= 0.3 is 0 Å². The minimum atomic E-state index is -0.0692. The van der Waals surface area contributed by atoms with E-state index in [1.54, 1.807) is 13.1 Å². The Morgan fingerprint density at radius 1 is 1.73 bits per heavy atom. The molecule has 3 heteroatoms. The average molecular weight is 148 g/mol. The standard InChI is InChI=1S/C8H8N2O/c1-5-8(6(2)11)7(3-9)4-10-5/h4,10H,1-2H3. The largest absolute Gasteiger partial charge is 0.363 e. The van der Waals surface area contributed by atoms with Crippen LogP contribution in [-0.2, 0) is 0 Å². The van der Waals surface area contributed by atoms with Crippen molar-refractivity contribution in [1.29, 1.82) is 5.26 Å². The predicted molar refractivity (Wildman–Crippen MR) is 40.2 cm³/mol. The molecule has 0 aromatic carbocycles. The number of carbonyl (C=O) groups is 1. The highest BCUT2D eigenvalue weighted by molar-refractivity contribution is 5.97. The third kappa shape index (κ3) is 1.15. The Hall–Kier alpha value is -1.56. The van der Waals surface area contributed by atoms with E-state index in [0.29, 0.717) is 11.1 Å². The van der Waals surface area contributed by atoms with Gasteiger partial charge in [-0.3, -0.25) is 4.79 Å². The number of aromatic nitrogens is 1. The first-order chi connectivity index (χ1) is 5.16. The normalized spacial score (nSPS) is 9.18. The number of hydrogen-bond donors (Lipinski definition) is 1. The molecule has 1 aromatic heterocycles. The van der Waals surface area contributed by atoms with Gasteiger partial charge in [0.25, 0.3) is 0 Å². The quantitative estimate of drug-likeness (QED) is 0.612. The molecule has 0 aliphatic carbocycles. The van der Waals surface area contributed by atoms with Gasteiger partial charge in [0.2, 0.25) is 0 Å². The van der Waals surface area contributed by atoms with Crippen LogP contribution in [0.5, 0.6) is 0 Å². The molecule has 0 bridgehead atoms. The lowest BCUT2D eigenvalue weighted by Gasteiger charge is -1.91. The fraction of sp³-hybridized carbons (Fsp3) is 0.250. The van der Waals surface area contributed by atoms with Gasteiger partial charge in [-0.15, -0.1) is 0 Å². The first-order valence-corrected chi connectivity index (χ1v) is 3.26. The third-order valence-electron chi connectivity index (χ3n) is 1.55. The molecule has 11 heavy (non-hydrogen) atoms. The minimum absolute atomic E-state index is 0.0692. The van der Waals surface area contributed by atoms with Crippen molar-refractivity contribution in [2.45, 2.75) is 13.8 Å². The lowest BCUT2D eigenvalue weighted by molar-refractivity contribution is 0.101. The number of hydrogen-bond acceptors (Lipinski definition) is 2. The molecule has 1 rings (SSSR count). The molecule has 0 unspecified atom stereocenters. The van der Waals surface area contributed by atoms with E-state index in [2.05, 4.69) is 4.98 Å². The van der Waals surface area contributed by atoms with Crippen LogP contribution in [0.3, 0.4) is 0 Å². The van der Waals surface area contributed by atoms with Crippen LogP contribution in [-0.4, -0.2) is 10.8 Å². The van der Waals surface area contributed by atoms with Gasteiger partial charge in [0.1, 0.15) is 6.07 Å². The molecular weight excluding hydrogens is 140 g/mol. The number of aryl methyl sites for hydroxylation is 1. The van der Waals surface area contributed by atoms with Crippen LogP contribution in [0.25, 0.3) is 0 Å². The number of aromatic amines is 1. The molecule has 1 N–H and O–H groups in total. The van der Waals surface area contributed by atoms with Gasteiger partial charge in [-0.25, -0.2) is 0 Å². The number of nitriles is 1. The summed E-state index contributed by atoms with van der Waals surface area (Å²) < 4.78 is 0. The molecule has 56 valence electrons. The van der Waals surface area contributed by atoms with Crippen molar-refractivity contribution in [3.05, 3.63) is 23.0 Å². The first kappa shape index (κ1) is 7.55. The highest BCUT2D eigenvalue weighted by atomic mass is 16.1. The van der Waals surface area contributed by atoms with Crippen molar-refractivity contribution < 1.29 is 4.79 Å². The summed E-state index contributed by atoms with van der Waals surface area (Å²) in [4.78, 5) is 13.8. The molecular formula is C8H8N2O. The maximum absolute atomic E-state index is 10.9. The molecule has 0 fully saturated rings. The van der Waals surface area contributed by atoms with Crippen LogP contribution >= 0.6 is 0 Å². The predicted octanol–water partition coefficient (Wildman–Crippen LogP) is 1.40. The van der Waals surface area contributed by atoms with Crippen molar-refractivity contribution in [3.8, 4) is 6.07 Å². The van der Waals surface area contributed by atoms with Crippen molar-refractivity contribution >= 4 is 5.78 Å². The number of nitrogens with zero attached hydrogens (tertiary/aromatic N) is 1. The second kappa shape index (κ2) is 2.59. The number of ketones is 1. The van der Waals surface area contributed by atoms with Gasteiger partial charge in [-0.1, -0.05) is 0 Å². The van der Waals surface area contributed by atoms with E-state index in [1.807, 2.05) is 6.07 Å². The number of nitrogens with one attached hydrogen (secondary N) is 1. The summed E-state index contributed by atoms with van der Waals surface area (Å²) in [7, 11) is 0. The maximum Gasteiger partial charge on any atom is 0.162 e. The molecule has 1 heterocycles. The van der Waals surface area contributed by atoms with E-state index in [0.717, 1.165) is 5.69 Å². The average Bonchev–Trinajstić information content (AvgIpc) is 2.30. The van der Waals surface area contributed by atoms with Gasteiger partial charge in [-0.2, -0.15) is 5.26 Å². The number of Topliss-reactive ketones (excluding diaryl/α,β-unsaturated/α-hetero) is 1. The second-order valence-corrected chi connectivity index (χ2v) is 2.37. The van der Waals surface area contributed by atoms with E-state index in [1.165, 1.54) is 6.92 Å². The van der Waals surface area contributed by atoms with Gasteiger partial charge in [-0.05, 0) is 13.8 Å². The highest BCUT2D eigenvalue weighted by Gasteiger charge is 2.10. The van der Waals surface area contributed by atoms with Crippen molar-refractivity contribution in [3.63, 3.8) is 0 Å². The summed E-state index contributed by atoms with van der Waals surface area (Å²) in [6, 6.07) is 1.95. The molecule has 0 aliphatic rings. The molecule has 0 spiro atoms. The summed E-state index contributed by atoms with van der Waals surface area (Å²) in [5.74, 6) is -0.0692. The zero-order valence-corrected chi connectivity index (χ0v) is 6.43. The molecule has 0 atom stereocenters. The Balaban J connectivity index is 3.32. The lowest BCUT2D eigenvalue weighted by atomic mass is 10.1. The van der Waals surface area contributed by atoms with Crippen LogP contribution in [0.4, 0.5) is 0 Å². The van der Waals surface area contributed by atoms with Gasteiger partial charge in [0.05, 0.1) is 11.1 Å². The topological polar surface area (TPSA) is 56.6 Å². The van der Waals surface area contributed by atoms with Gasteiger partial charge in [0, 0.05) is 11.9 Å². The third-order valence-corrected chi connectivity index (χ3v) is 1.55. The Bertz CT molecular complexity index is 330. The summed E-state index contributed by atoms with van der Waals surface area (Å²) in [5.41, 5.74) is 1.69. The monoisotopic (exact) mass is 148 g/mol. The van der Waals surface area contributed by atoms with Crippen molar-refractivity contribution in [2.75, 3.05) is 0 Å². The smallest absolute Gasteiger partial charge is 0.162 e. The summed E-state index contributed by atoms with van der Waals surface area (Å²) in [5, 5.41) is 8.56. The zero-order chi connectivity index (χ0) is 8.43. The summed E-state index contributed by atoms with van der Waals surface area (Å²) >= 11 is 0. The van der Waals surface area contributed by atoms with Gasteiger partial charge < -0.3 is 4.98 Å². The van der Waals surface area contributed by atoms with E-state index >= 15 is 0 Å². The Kier molecular flexibility index (Phi) is 1.77. The summed E-state index contributed by atoms with van der Waals surface area (Å²) in [6.07, 6.45) is 1.55. The lowest BCUT2D eigenvalue weighted by Crippen LogP contribution is -1.94. The van der Waals surface area contributed by atoms with Gasteiger partial charge in [0.15, 0.2) is 5.78 Å². The first-order valence-electron chi connectivity index (χ1n) is 3.26. The SMILES string of the molecule is CC(=O)c1c(C#N)c[nH]c1C. The molecule has 3 nitrogen and oxygen atoms in total. The van der Waals surface area contributed by atoms with Crippen LogP contribution in [0.1, 0.15) is 28.5 Å².